The number of phenolic OH excluding ortho intramolecular Hbond substituents is 1. The average Bonchev–Trinajstić information content (AvgIpc) is 2.84. The van der Waals surface area contributed by atoms with E-state index in [9.17, 15) is 9.90 Å². The summed E-state index contributed by atoms with van der Waals surface area (Å²) >= 11 is 0. The minimum Gasteiger partial charge on any atom is -0.508 e. The van der Waals surface area contributed by atoms with Gasteiger partial charge in [-0.15, -0.1) is 0 Å². The lowest BCUT2D eigenvalue weighted by Crippen LogP contribution is -2.41. The number of aromatic hydroxyl groups is 1. The van der Waals surface area contributed by atoms with Crippen LogP contribution in [0.4, 0.5) is 0 Å². The smallest absolute Gasteiger partial charge is 0.237 e. The van der Waals surface area contributed by atoms with Gasteiger partial charge in [0.15, 0.2) is 0 Å². The van der Waals surface area contributed by atoms with Gasteiger partial charge >= 0.3 is 0 Å². The number of carbonyl (C=O) groups excluding carboxylic acids is 1. The predicted octanol–water partition coefficient (Wildman–Crippen LogP) is 0.875. The van der Waals surface area contributed by atoms with Gasteiger partial charge < -0.3 is 20.7 Å². The number of benzene rings is 1. The van der Waals surface area contributed by atoms with Crippen molar-refractivity contribution < 1.29 is 14.4 Å². The number of rotatable bonds is 5. The van der Waals surface area contributed by atoms with Crippen LogP contribution in [0, 0.1) is 6.92 Å². The quantitative estimate of drug-likeness (QED) is 0.751. The number of aromatic nitrogens is 1. The van der Waals surface area contributed by atoms with Gasteiger partial charge in [0.25, 0.3) is 0 Å². The molecule has 0 radical (unpaired) electrons. The molecular formula is C14H17N3O3. The largest absolute Gasteiger partial charge is 0.508 e. The second-order valence-electron chi connectivity index (χ2n) is 4.62. The number of carbonyl (C=O) groups is 1. The van der Waals surface area contributed by atoms with Crippen LogP contribution < -0.4 is 11.1 Å². The van der Waals surface area contributed by atoms with Crippen LogP contribution >= 0.6 is 0 Å². The van der Waals surface area contributed by atoms with Crippen LogP contribution in [-0.2, 0) is 17.8 Å². The molecule has 0 saturated carbocycles. The van der Waals surface area contributed by atoms with Crippen LogP contribution in [0.15, 0.2) is 34.9 Å². The van der Waals surface area contributed by atoms with Crippen molar-refractivity contribution in [1.82, 2.24) is 10.5 Å². The maximum absolute atomic E-state index is 11.9. The second kappa shape index (κ2) is 6.21. The van der Waals surface area contributed by atoms with Gasteiger partial charge in [-0.05, 0) is 31.0 Å². The molecular weight excluding hydrogens is 258 g/mol. The van der Waals surface area contributed by atoms with Crippen LogP contribution in [0.25, 0.3) is 0 Å². The van der Waals surface area contributed by atoms with Crippen LogP contribution in [0.2, 0.25) is 0 Å². The summed E-state index contributed by atoms with van der Waals surface area (Å²) in [6.07, 6.45) is 0.407. The summed E-state index contributed by atoms with van der Waals surface area (Å²) in [7, 11) is 0. The first-order valence-electron chi connectivity index (χ1n) is 6.28. The predicted molar refractivity (Wildman–Crippen MR) is 72.9 cm³/mol. The minimum absolute atomic E-state index is 0.188. The fourth-order valence-corrected chi connectivity index (χ4v) is 1.79. The Balaban J connectivity index is 1.84. The van der Waals surface area contributed by atoms with Gasteiger partial charge in [-0.3, -0.25) is 4.79 Å². The summed E-state index contributed by atoms with van der Waals surface area (Å²) in [5.41, 5.74) is 7.39. The summed E-state index contributed by atoms with van der Waals surface area (Å²) in [4.78, 5) is 11.9. The maximum atomic E-state index is 11.9. The van der Waals surface area contributed by atoms with Crippen molar-refractivity contribution >= 4 is 5.91 Å². The van der Waals surface area contributed by atoms with Crippen LogP contribution in [0.1, 0.15) is 17.0 Å². The van der Waals surface area contributed by atoms with Crippen LogP contribution in [0.5, 0.6) is 5.75 Å². The molecule has 1 heterocycles. The van der Waals surface area contributed by atoms with Crippen molar-refractivity contribution in [3.63, 3.8) is 0 Å². The highest BCUT2D eigenvalue weighted by atomic mass is 16.5. The Hall–Kier alpha value is -2.34. The number of hydrogen-bond acceptors (Lipinski definition) is 5. The molecule has 2 rings (SSSR count). The van der Waals surface area contributed by atoms with Crippen molar-refractivity contribution in [2.75, 3.05) is 0 Å². The lowest BCUT2D eigenvalue weighted by Gasteiger charge is -2.11. The lowest BCUT2D eigenvalue weighted by atomic mass is 10.1. The van der Waals surface area contributed by atoms with Gasteiger partial charge in [0, 0.05) is 6.07 Å². The molecule has 1 aromatic carbocycles. The zero-order chi connectivity index (χ0) is 14.5. The number of phenols is 1. The van der Waals surface area contributed by atoms with Gasteiger partial charge in [-0.1, -0.05) is 17.3 Å². The molecule has 1 amide bonds. The molecule has 1 atom stereocenters. The Morgan fingerprint density at radius 3 is 2.75 bits per heavy atom. The Bertz CT molecular complexity index is 578. The van der Waals surface area contributed by atoms with Crippen LogP contribution in [0.3, 0.4) is 0 Å². The van der Waals surface area contributed by atoms with Crippen molar-refractivity contribution in [2.45, 2.75) is 25.9 Å². The summed E-state index contributed by atoms with van der Waals surface area (Å²) in [5, 5.41) is 15.7. The van der Waals surface area contributed by atoms with E-state index < -0.39 is 6.04 Å². The third kappa shape index (κ3) is 3.83. The van der Waals surface area contributed by atoms with Gasteiger partial charge in [-0.2, -0.15) is 0 Å². The number of amides is 1. The van der Waals surface area contributed by atoms with Crippen molar-refractivity contribution in [1.29, 1.82) is 0 Å². The highest BCUT2D eigenvalue weighted by Crippen LogP contribution is 2.11. The normalized spacial score (nSPS) is 12.1. The van der Waals surface area contributed by atoms with Crippen molar-refractivity contribution in [3.8, 4) is 5.75 Å². The number of nitrogens with zero attached hydrogens (tertiary/aromatic N) is 1. The number of nitrogens with one attached hydrogen (secondary N) is 1. The molecule has 106 valence electrons. The second-order valence-corrected chi connectivity index (χ2v) is 4.62. The molecule has 0 bridgehead atoms. The SMILES string of the molecule is Cc1cc(CNC(=O)[C@@H](N)Cc2ccc(O)cc2)no1. The zero-order valence-electron chi connectivity index (χ0n) is 11.2. The molecule has 20 heavy (non-hydrogen) atoms. The van der Waals surface area contributed by atoms with E-state index >= 15 is 0 Å². The van der Waals surface area contributed by atoms with E-state index in [1.165, 1.54) is 0 Å². The number of nitrogens with two attached hydrogens (primary N) is 1. The summed E-state index contributed by atoms with van der Waals surface area (Å²) in [5.74, 6) is 0.634. The molecule has 6 nitrogen and oxygen atoms in total. The van der Waals surface area contributed by atoms with E-state index in [1.54, 1.807) is 37.3 Å². The monoisotopic (exact) mass is 275 g/mol. The Morgan fingerprint density at radius 2 is 2.15 bits per heavy atom. The molecule has 0 aliphatic rings. The molecule has 0 aliphatic heterocycles. The Morgan fingerprint density at radius 1 is 1.45 bits per heavy atom. The van der Waals surface area contributed by atoms with Gasteiger partial charge in [0.2, 0.25) is 5.91 Å². The molecule has 0 spiro atoms. The van der Waals surface area contributed by atoms with Gasteiger partial charge in [0.05, 0.1) is 12.6 Å². The maximum Gasteiger partial charge on any atom is 0.237 e. The topological polar surface area (TPSA) is 101 Å². The van der Waals surface area contributed by atoms with E-state index in [0.29, 0.717) is 24.4 Å². The fourth-order valence-electron chi connectivity index (χ4n) is 1.79. The van der Waals surface area contributed by atoms with E-state index in [4.69, 9.17) is 10.3 Å². The first-order valence-corrected chi connectivity index (χ1v) is 6.28. The van der Waals surface area contributed by atoms with E-state index in [0.717, 1.165) is 5.56 Å². The molecule has 0 saturated heterocycles. The first kappa shape index (κ1) is 14.1. The number of hydrogen-bond donors (Lipinski definition) is 3. The van der Waals surface area contributed by atoms with Crippen molar-refractivity contribution in [2.24, 2.45) is 5.73 Å². The lowest BCUT2D eigenvalue weighted by molar-refractivity contribution is -0.122. The third-order valence-corrected chi connectivity index (χ3v) is 2.85. The number of aryl methyl sites for hydroxylation is 1. The minimum atomic E-state index is -0.646. The molecule has 0 aliphatic carbocycles. The van der Waals surface area contributed by atoms with E-state index in [2.05, 4.69) is 10.5 Å². The summed E-state index contributed by atoms with van der Waals surface area (Å²) < 4.78 is 4.91. The third-order valence-electron chi connectivity index (χ3n) is 2.85. The van der Waals surface area contributed by atoms with E-state index in [1.807, 2.05) is 0 Å². The molecule has 2 aromatic rings. The highest BCUT2D eigenvalue weighted by molar-refractivity contribution is 5.81. The van der Waals surface area contributed by atoms with E-state index in [-0.39, 0.29) is 11.7 Å². The Labute approximate surface area is 116 Å². The Kier molecular flexibility index (Phi) is 4.37. The summed E-state index contributed by atoms with van der Waals surface area (Å²) in [6.45, 7) is 2.08. The molecule has 1 aromatic heterocycles. The molecule has 0 unspecified atom stereocenters. The van der Waals surface area contributed by atoms with Crippen molar-refractivity contribution in [3.05, 3.63) is 47.3 Å². The molecule has 6 heteroatoms. The van der Waals surface area contributed by atoms with Crippen LogP contribution in [-0.4, -0.2) is 22.2 Å². The standard InChI is InChI=1S/C14H17N3O3/c1-9-6-11(17-20-9)8-16-14(19)13(15)7-10-2-4-12(18)5-3-10/h2-6,13,18H,7-8,15H2,1H3,(H,16,19)/t13-/m0/s1. The summed E-state index contributed by atoms with van der Waals surface area (Å²) in [6, 6.07) is 7.72. The average molecular weight is 275 g/mol. The highest BCUT2D eigenvalue weighted by Gasteiger charge is 2.14. The first-order chi connectivity index (χ1) is 9.54. The molecule has 4 N–H and O–H groups in total. The van der Waals surface area contributed by atoms with Gasteiger partial charge in [-0.25, -0.2) is 0 Å². The molecule has 0 fully saturated rings. The zero-order valence-corrected chi connectivity index (χ0v) is 11.2. The fraction of sp³-hybridized carbons (Fsp3) is 0.286. The van der Waals surface area contributed by atoms with Gasteiger partial charge in [0.1, 0.15) is 17.2 Å².